The Bertz CT molecular complexity index is 1270. The van der Waals surface area contributed by atoms with Crippen LogP contribution in [-0.2, 0) is 14.3 Å². The van der Waals surface area contributed by atoms with E-state index in [2.05, 4.69) is 86.8 Å². The number of hydrogen-bond donors (Lipinski definition) is 3. The molecule has 0 aliphatic heterocycles. The van der Waals surface area contributed by atoms with E-state index in [-0.39, 0.29) is 24.9 Å². The normalized spacial score (nSPS) is 14.0. The molecule has 0 fully saturated rings. The lowest BCUT2D eigenvalue weighted by Gasteiger charge is -2.24. The van der Waals surface area contributed by atoms with Crippen LogP contribution in [0.5, 0.6) is 0 Å². The average molecular weight is 890 g/mol. The lowest BCUT2D eigenvalue weighted by molar-refractivity contribution is -0.151. The van der Waals surface area contributed by atoms with E-state index in [1.165, 1.54) is 89.9 Å². The molecule has 0 saturated carbocycles. The van der Waals surface area contributed by atoms with E-state index in [9.17, 15) is 19.8 Å². The number of hydrogen-bond acceptors (Lipinski definition) is 5. The number of allylic oxidation sites excluding steroid dienone is 16. The molecule has 0 radical (unpaired) electrons. The summed E-state index contributed by atoms with van der Waals surface area (Å²) in [6.45, 7) is 6.25. The van der Waals surface area contributed by atoms with Crippen molar-refractivity contribution >= 4 is 11.9 Å². The first kappa shape index (κ1) is 60.8. The number of esters is 1. The smallest absolute Gasteiger partial charge is 0.306 e. The number of aliphatic hydroxyl groups excluding tert-OH is 2. The zero-order valence-corrected chi connectivity index (χ0v) is 41.6. The minimum absolute atomic E-state index is 0.0384. The Morgan fingerprint density at radius 2 is 0.875 bits per heavy atom. The first-order valence-electron chi connectivity index (χ1n) is 26.6. The molecule has 64 heavy (non-hydrogen) atoms. The predicted octanol–water partition coefficient (Wildman–Crippen LogP) is 16.1. The van der Waals surface area contributed by atoms with E-state index < -0.39 is 18.2 Å². The molecule has 3 N–H and O–H groups in total. The molecule has 1 amide bonds. The first-order chi connectivity index (χ1) is 31.5. The Morgan fingerprint density at radius 3 is 1.36 bits per heavy atom. The number of rotatable bonds is 46. The monoisotopic (exact) mass is 890 g/mol. The van der Waals surface area contributed by atoms with Crippen molar-refractivity contribution in [1.29, 1.82) is 0 Å². The van der Waals surface area contributed by atoms with Gasteiger partial charge in [0.25, 0.3) is 0 Å². The molecule has 366 valence electrons. The van der Waals surface area contributed by atoms with Crippen LogP contribution in [0.15, 0.2) is 97.2 Å². The molecule has 0 saturated heterocycles. The van der Waals surface area contributed by atoms with Crippen molar-refractivity contribution in [3.05, 3.63) is 97.2 Å². The summed E-state index contributed by atoms with van der Waals surface area (Å²) in [7, 11) is 0. The van der Waals surface area contributed by atoms with E-state index in [1.807, 2.05) is 36.5 Å². The maximum absolute atomic E-state index is 13.2. The van der Waals surface area contributed by atoms with Gasteiger partial charge in [-0.3, -0.25) is 9.59 Å². The third-order valence-electron chi connectivity index (χ3n) is 11.6. The number of carbonyl (C=O) groups is 2. The van der Waals surface area contributed by atoms with Gasteiger partial charge in [-0.1, -0.05) is 253 Å². The summed E-state index contributed by atoms with van der Waals surface area (Å²) in [6, 6.07) is -0.724. The Hall–Kier alpha value is -3.22. The third-order valence-corrected chi connectivity index (χ3v) is 11.6. The highest BCUT2D eigenvalue weighted by molar-refractivity contribution is 5.77. The molecular weight excluding hydrogens is 791 g/mol. The Kier molecular flexibility index (Phi) is 48.2. The van der Waals surface area contributed by atoms with Gasteiger partial charge in [-0.15, -0.1) is 0 Å². The molecule has 0 aromatic rings. The van der Waals surface area contributed by atoms with Gasteiger partial charge in [-0.05, 0) is 64.2 Å². The Morgan fingerprint density at radius 1 is 0.469 bits per heavy atom. The molecule has 6 heteroatoms. The van der Waals surface area contributed by atoms with Gasteiger partial charge in [0.1, 0.15) is 6.10 Å². The van der Waals surface area contributed by atoms with Crippen LogP contribution in [0.2, 0.25) is 0 Å². The molecule has 3 unspecified atom stereocenters. The molecule has 6 nitrogen and oxygen atoms in total. The molecule has 0 aliphatic carbocycles. The van der Waals surface area contributed by atoms with Crippen LogP contribution in [0, 0.1) is 0 Å². The van der Waals surface area contributed by atoms with Crippen LogP contribution in [0.25, 0.3) is 0 Å². The third kappa shape index (κ3) is 45.4. The van der Waals surface area contributed by atoms with Gasteiger partial charge in [0, 0.05) is 6.42 Å². The zero-order valence-electron chi connectivity index (χ0n) is 41.6. The standard InChI is InChI=1S/C58H99NO5/c1-4-7-10-13-16-19-22-24-26-28-29-31-33-36-39-42-45-48-51-58(63)64-54(49-46-43-40-37-34-21-18-15-12-9-6-3)52-57(62)59-55(53-60)56(61)50-47-44-41-38-35-32-30-27-25-23-20-17-14-11-8-5-2/h9-10,12-13,15-16,18-19,21-22,24,26,28-29,31,34,54-56,60-61H,4-8,11,14,17,20,23,25,27,30,32-33,35-53H2,1-3H3,(H,59,62)/b12-9+,13-10+,18-15+,19-16+,24-22+,28-26+,31-29+,34-21-. The van der Waals surface area contributed by atoms with Gasteiger partial charge >= 0.3 is 5.97 Å². The minimum atomic E-state index is -0.807. The molecule has 0 heterocycles. The van der Waals surface area contributed by atoms with Gasteiger partial charge in [-0.25, -0.2) is 0 Å². The lowest BCUT2D eigenvalue weighted by atomic mass is 10.0. The van der Waals surface area contributed by atoms with Crippen molar-refractivity contribution in [2.75, 3.05) is 6.61 Å². The minimum Gasteiger partial charge on any atom is -0.462 e. The molecular formula is C58H99NO5. The summed E-state index contributed by atoms with van der Waals surface area (Å²) in [5.74, 6) is -0.544. The van der Waals surface area contributed by atoms with Crippen molar-refractivity contribution in [3.63, 3.8) is 0 Å². The largest absolute Gasteiger partial charge is 0.462 e. The van der Waals surface area contributed by atoms with Gasteiger partial charge < -0.3 is 20.3 Å². The quantitative estimate of drug-likeness (QED) is 0.0321. The fourth-order valence-corrected chi connectivity index (χ4v) is 7.58. The highest BCUT2D eigenvalue weighted by Crippen LogP contribution is 2.17. The van der Waals surface area contributed by atoms with Gasteiger partial charge in [-0.2, -0.15) is 0 Å². The fraction of sp³-hybridized carbons (Fsp3) is 0.690. The summed E-state index contributed by atoms with van der Waals surface area (Å²) < 4.78 is 5.90. The topological polar surface area (TPSA) is 95.9 Å². The SMILES string of the molecule is CC/C=C/C=C/C=C\CCCCCC(CC(=O)NC(CO)C(O)CCCCCCCCCCCCCCCCCC)OC(=O)CCCCCCC/C=C/C=C/C=C/C=C/C=C/CCC. The molecule has 0 rings (SSSR count). The van der Waals surface area contributed by atoms with Crippen molar-refractivity contribution in [3.8, 4) is 0 Å². The molecule has 0 spiro atoms. The van der Waals surface area contributed by atoms with Gasteiger partial charge in [0.2, 0.25) is 5.91 Å². The van der Waals surface area contributed by atoms with Crippen LogP contribution in [0.1, 0.15) is 233 Å². The highest BCUT2D eigenvalue weighted by Gasteiger charge is 2.24. The zero-order chi connectivity index (χ0) is 46.7. The molecule has 0 aliphatic rings. The Balaban J connectivity index is 4.59. The molecule has 0 bridgehead atoms. The summed E-state index contributed by atoms with van der Waals surface area (Å²) in [4.78, 5) is 26.1. The lowest BCUT2D eigenvalue weighted by Crippen LogP contribution is -2.46. The van der Waals surface area contributed by atoms with E-state index in [0.717, 1.165) is 96.3 Å². The van der Waals surface area contributed by atoms with Crippen molar-refractivity contribution < 1.29 is 24.5 Å². The second-order valence-electron chi connectivity index (χ2n) is 17.7. The van der Waals surface area contributed by atoms with Crippen molar-refractivity contribution in [2.24, 2.45) is 0 Å². The van der Waals surface area contributed by atoms with E-state index in [0.29, 0.717) is 19.3 Å². The van der Waals surface area contributed by atoms with E-state index >= 15 is 0 Å². The summed E-state index contributed by atoms with van der Waals surface area (Å²) >= 11 is 0. The van der Waals surface area contributed by atoms with Crippen molar-refractivity contribution in [2.45, 2.75) is 251 Å². The maximum Gasteiger partial charge on any atom is 0.306 e. The Labute approximate surface area is 395 Å². The molecule has 0 aromatic heterocycles. The number of carbonyl (C=O) groups excluding carboxylic acids is 2. The fourth-order valence-electron chi connectivity index (χ4n) is 7.58. The van der Waals surface area contributed by atoms with Gasteiger partial charge in [0.05, 0.1) is 25.2 Å². The van der Waals surface area contributed by atoms with Gasteiger partial charge in [0.15, 0.2) is 0 Å². The predicted molar refractivity (Wildman–Crippen MR) is 277 cm³/mol. The highest BCUT2D eigenvalue weighted by atomic mass is 16.5. The van der Waals surface area contributed by atoms with Crippen LogP contribution in [0.3, 0.4) is 0 Å². The van der Waals surface area contributed by atoms with Crippen LogP contribution >= 0.6 is 0 Å². The van der Waals surface area contributed by atoms with Crippen LogP contribution in [0.4, 0.5) is 0 Å². The molecule has 3 atom stereocenters. The number of aliphatic hydroxyl groups is 2. The summed E-state index contributed by atoms with van der Waals surface area (Å²) in [5.41, 5.74) is 0. The van der Waals surface area contributed by atoms with Crippen LogP contribution < -0.4 is 5.32 Å². The number of nitrogens with one attached hydrogen (secondary N) is 1. The average Bonchev–Trinajstić information content (AvgIpc) is 3.29. The second kappa shape index (κ2) is 50.8. The number of amides is 1. The van der Waals surface area contributed by atoms with Crippen LogP contribution in [-0.4, -0.2) is 46.9 Å². The number of ether oxygens (including phenoxy) is 1. The summed E-state index contributed by atoms with van der Waals surface area (Å²) in [5, 5.41) is 23.8. The second-order valence-corrected chi connectivity index (χ2v) is 17.7. The molecule has 0 aromatic carbocycles. The first-order valence-corrected chi connectivity index (χ1v) is 26.6. The number of unbranched alkanes of at least 4 members (excludes halogenated alkanes) is 24. The summed E-state index contributed by atoms with van der Waals surface area (Å²) in [6.07, 6.45) is 67.5. The van der Waals surface area contributed by atoms with E-state index in [4.69, 9.17) is 4.74 Å². The van der Waals surface area contributed by atoms with E-state index in [1.54, 1.807) is 0 Å². The maximum atomic E-state index is 13.2. The van der Waals surface area contributed by atoms with Crippen molar-refractivity contribution in [1.82, 2.24) is 5.32 Å².